The first-order valence-electron chi connectivity index (χ1n) is 6.21. The maximum absolute atomic E-state index is 10.9. The van der Waals surface area contributed by atoms with Crippen molar-refractivity contribution >= 4 is 23.3 Å². The largest absolute Gasteiger partial charge is 0.481 e. The van der Waals surface area contributed by atoms with Gasteiger partial charge in [0.15, 0.2) is 0 Å². The highest BCUT2D eigenvalue weighted by Gasteiger charge is 2.33. The van der Waals surface area contributed by atoms with Gasteiger partial charge in [-0.1, -0.05) is 30.7 Å². The van der Waals surface area contributed by atoms with Crippen LogP contribution in [-0.2, 0) is 4.79 Å². The van der Waals surface area contributed by atoms with Gasteiger partial charge in [-0.05, 0) is 30.4 Å². The molecule has 1 atom stereocenters. The van der Waals surface area contributed by atoms with Crippen LogP contribution in [0.25, 0.3) is 0 Å². The second-order valence-corrected chi connectivity index (χ2v) is 5.76. The fraction of sp³-hybridized carbons (Fsp3) is 0.500. The van der Waals surface area contributed by atoms with Gasteiger partial charge in [0.25, 0.3) is 0 Å². The minimum absolute atomic E-state index is 0.163. The molecule has 98 valence electrons. The quantitative estimate of drug-likeness (QED) is 0.912. The molecular weight excluding hydrogens is 250 g/mol. The summed E-state index contributed by atoms with van der Waals surface area (Å²) in [5.74, 6) is -0.724. The SMILES string of the molecule is CC1(CC(=O)O)CCCN(c2ccccc2Cl)C1. The Labute approximate surface area is 112 Å². The summed E-state index contributed by atoms with van der Waals surface area (Å²) in [4.78, 5) is 13.1. The number of nitrogens with zero attached hydrogens (tertiary/aromatic N) is 1. The van der Waals surface area contributed by atoms with Gasteiger partial charge >= 0.3 is 5.97 Å². The second-order valence-electron chi connectivity index (χ2n) is 5.36. The summed E-state index contributed by atoms with van der Waals surface area (Å²) in [5, 5.41) is 9.73. The number of halogens is 1. The highest BCUT2D eigenvalue weighted by molar-refractivity contribution is 6.33. The molecule has 1 saturated heterocycles. The lowest BCUT2D eigenvalue weighted by molar-refractivity contribution is -0.139. The average Bonchev–Trinajstić information content (AvgIpc) is 2.27. The van der Waals surface area contributed by atoms with Crippen molar-refractivity contribution < 1.29 is 9.90 Å². The van der Waals surface area contributed by atoms with Crippen molar-refractivity contribution in [3.8, 4) is 0 Å². The molecule has 0 radical (unpaired) electrons. The van der Waals surface area contributed by atoms with Crippen molar-refractivity contribution in [3.63, 3.8) is 0 Å². The molecule has 0 amide bonds. The number of para-hydroxylation sites is 1. The molecule has 2 rings (SSSR count). The van der Waals surface area contributed by atoms with Crippen molar-refractivity contribution in [2.75, 3.05) is 18.0 Å². The highest BCUT2D eigenvalue weighted by Crippen LogP contribution is 2.37. The van der Waals surface area contributed by atoms with E-state index in [1.54, 1.807) is 0 Å². The topological polar surface area (TPSA) is 40.5 Å². The molecule has 1 aliphatic heterocycles. The molecule has 1 heterocycles. The molecule has 1 fully saturated rings. The highest BCUT2D eigenvalue weighted by atomic mass is 35.5. The number of hydrogen-bond donors (Lipinski definition) is 1. The number of carboxylic acid groups (broad SMARTS) is 1. The van der Waals surface area contributed by atoms with Crippen LogP contribution >= 0.6 is 11.6 Å². The standard InChI is InChI=1S/C14H18ClNO2/c1-14(9-13(17)18)7-4-8-16(10-14)12-6-3-2-5-11(12)15/h2-3,5-6H,4,7-10H2,1H3,(H,17,18). The fourth-order valence-electron chi connectivity index (χ4n) is 2.74. The number of benzene rings is 1. The van der Waals surface area contributed by atoms with Crippen LogP contribution in [0.3, 0.4) is 0 Å². The van der Waals surface area contributed by atoms with Gasteiger partial charge in [0.2, 0.25) is 0 Å². The minimum Gasteiger partial charge on any atom is -0.481 e. The van der Waals surface area contributed by atoms with Gasteiger partial charge in [-0.2, -0.15) is 0 Å². The second kappa shape index (κ2) is 5.19. The Bertz CT molecular complexity index is 449. The first kappa shape index (κ1) is 13.2. The number of carboxylic acids is 1. The summed E-state index contributed by atoms with van der Waals surface area (Å²) >= 11 is 6.20. The van der Waals surface area contributed by atoms with Gasteiger partial charge in [0, 0.05) is 13.1 Å². The number of carbonyl (C=O) groups is 1. The van der Waals surface area contributed by atoms with Crippen LogP contribution in [0.5, 0.6) is 0 Å². The molecular formula is C14H18ClNO2. The predicted molar refractivity (Wildman–Crippen MR) is 73.3 cm³/mol. The third-order valence-corrected chi connectivity index (χ3v) is 3.87. The smallest absolute Gasteiger partial charge is 0.303 e. The number of anilines is 1. The Morgan fingerprint density at radius 2 is 2.22 bits per heavy atom. The van der Waals surface area contributed by atoms with Crippen LogP contribution in [0.4, 0.5) is 5.69 Å². The van der Waals surface area contributed by atoms with Crippen molar-refractivity contribution in [3.05, 3.63) is 29.3 Å². The van der Waals surface area contributed by atoms with Gasteiger partial charge in [-0.25, -0.2) is 0 Å². The van der Waals surface area contributed by atoms with E-state index in [-0.39, 0.29) is 11.8 Å². The zero-order valence-electron chi connectivity index (χ0n) is 10.5. The lowest BCUT2D eigenvalue weighted by atomic mass is 9.79. The van der Waals surface area contributed by atoms with Crippen LogP contribution in [0.2, 0.25) is 5.02 Å². The van der Waals surface area contributed by atoms with Crippen LogP contribution < -0.4 is 4.90 Å². The van der Waals surface area contributed by atoms with Crippen molar-refractivity contribution in [1.29, 1.82) is 0 Å². The summed E-state index contributed by atoms with van der Waals surface area (Å²) in [5.41, 5.74) is 0.846. The maximum Gasteiger partial charge on any atom is 0.303 e. The zero-order chi connectivity index (χ0) is 13.2. The molecule has 4 heteroatoms. The Kier molecular flexibility index (Phi) is 3.81. The first-order valence-corrected chi connectivity index (χ1v) is 6.59. The monoisotopic (exact) mass is 267 g/mol. The van der Waals surface area contributed by atoms with E-state index in [1.807, 2.05) is 31.2 Å². The molecule has 1 aliphatic rings. The van der Waals surface area contributed by atoms with E-state index in [0.29, 0.717) is 0 Å². The van der Waals surface area contributed by atoms with Gasteiger partial charge in [-0.3, -0.25) is 4.79 Å². The maximum atomic E-state index is 10.9. The molecule has 1 unspecified atom stereocenters. The third kappa shape index (κ3) is 2.96. The molecule has 18 heavy (non-hydrogen) atoms. The van der Waals surface area contributed by atoms with Gasteiger partial charge in [-0.15, -0.1) is 0 Å². The van der Waals surface area contributed by atoms with Crippen LogP contribution in [0.1, 0.15) is 26.2 Å². The van der Waals surface area contributed by atoms with Gasteiger partial charge in [0.05, 0.1) is 17.1 Å². The predicted octanol–water partition coefficient (Wildman–Crippen LogP) is 3.42. The number of rotatable bonds is 3. The zero-order valence-corrected chi connectivity index (χ0v) is 11.3. The molecule has 0 bridgehead atoms. The van der Waals surface area contributed by atoms with Crippen LogP contribution in [0.15, 0.2) is 24.3 Å². The van der Waals surface area contributed by atoms with Crippen molar-refractivity contribution in [1.82, 2.24) is 0 Å². The van der Waals surface area contributed by atoms with E-state index in [1.165, 1.54) is 0 Å². The van der Waals surface area contributed by atoms with Crippen molar-refractivity contribution in [2.45, 2.75) is 26.2 Å². The molecule has 0 spiro atoms. The van der Waals surface area contributed by atoms with E-state index < -0.39 is 5.97 Å². The number of piperidine rings is 1. The Morgan fingerprint density at radius 1 is 1.50 bits per heavy atom. The van der Waals surface area contributed by atoms with Crippen LogP contribution in [-0.4, -0.2) is 24.2 Å². The summed E-state index contributed by atoms with van der Waals surface area (Å²) in [6.07, 6.45) is 2.18. The molecule has 0 saturated carbocycles. The van der Waals surface area contributed by atoms with Crippen molar-refractivity contribution in [2.24, 2.45) is 5.41 Å². The number of hydrogen-bond acceptors (Lipinski definition) is 2. The Balaban J connectivity index is 2.16. The van der Waals surface area contributed by atoms with E-state index in [9.17, 15) is 4.79 Å². The average molecular weight is 268 g/mol. The van der Waals surface area contributed by atoms with Gasteiger partial charge < -0.3 is 10.0 Å². The molecule has 0 aromatic heterocycles. The number of aliphatic carboxylic acids is 1. The van der Waals surface area contributed by atoms with Crippen LogP contribution in [0, 0.1) is 5.41 Å². The normalized spacial score (nSPS) is 24.0. The van der Waals surface area contributed by atoms with E-state index >= 15 is 0 Å². The molecule has 1 aromatic rings. The minimum atomic E-state index is -0.724. The lowest BCUT2D eigenvalue weighted by Crippen LogP contribution is -2.42. The van der Waals surface area contributed by atoms with E-state index in [2.05, 4.69) is 4.90 Å². The van der Waals surface area contributed by atoms with E-state index in [0.717, 1.165) is 36.6 Å². The molecule has 3 nitrogen and oxygen atoms in total. The summed E-state index contributed by atoms with van der Waals surface area (Å²) < 4.78 is 0. The summed E-state index contributed by atoms with van der Waals surface area (Å²) in [6, 6.07) is 7.74. The Hall–Kier alpha value is -1.22. The molecule has 0 aliphatic carbocycles. The first-order chi connectivity index (χ1) is 8.50. The fourth-order valence-corrected chi connectivity index (χ4v) is 2.99. The summed E-state index contributed by atoms with van der Waals surface area (Å²) in [6.45, 7) is 3.74. The van der Waals surface area contributed by atoms with Gasteiger partial charge in [0.1, 0.15) is 0 Å². The van der Waals surface area contributed by atoms with E-state index in [4.69, 9.17) is 16.7 Å². The third-order valence-electron chi connectivity index (χ3n) is 3.55. The molecule has 1 N–H and O–H groups in total. The summed E-state index contributed by atoms with van der Waals surface area (Å²) in [7, 11) is 0. The Morgan fingerprint density at radius 3 is 2.89 bits per heavy atom. The molecule has 1 aromatic carbocycles. The lowest BCUT2D eigenvalue weighted by Gasteiger charge is -2.41.